The van der Waals surface area contributed by atoms with Gasteiger partial charge in [-0.15, -0.1) is 0 Å². The fourth-order valence-corrected chi connectivity index (χ4v) is 1.96. The van der Waals surface area contributed by atoms with Gasteiger partial charge in [-0.2, -0.15) is 0 Å². The minimum absolute atomic E-state index is 0.261. The minimum atomic E-state index is -0.873. The molecule has 2 rings (SSSR count). The molecular weight excluding hydrogens is 282 g/mol. The topological polar surface area (TPSA) is 68.5 Å². The maximum absolute atomic E-state index is 12.1. The van der Waals surface area contributed by atoms with Crippen LogP contribution in [0.3, 0.4) is 0 Å². The molecular formula is C17H19NO4. The molecule has 1 aromatic carbocycles. The molecule has 0 spiro atoms. The molecule has 116 valence electrons. The lowest BCUT2D eigenvalue weighted by atomic mass is 10.1. The molecule has 5 heteroatoms. The van der Waals surface area contributed by atoms with Crippen molar-refractivity contribution in [2.75, 3.05) is 0 Å². The molecule has 0 bridgehead atoms. The fraction of sp³-hybridized carbons (Fsp3) is 0.294. The lowest BCUT2D eigenvalue weighted by molar-refractivity contribution is -0.129. The van der Waals surface area contributed by atoms with Gasteiger partial charge in [0.25, 0.3) is 5.91 Å². The third-order valence-corrected chi connectivity index (χ3v) is 3.28. The Labute approximate surface area is 129 Å². The smallest absolute Gasteiger partial charge is 0.339 e. The van der Waals surface area contributed by atoms with Crippen molar-refractivity contribution in [3.05, 3.63) is 59.0 Å². The van der Waals surface area contributed by atoms with Crippen molar-refractivity contribution in [1.82, 2.24) is 5.32 Å². The summed E-state index contributed by atoms with van der Waals surface area (Å²) in [6.07, 6.45) is 0.660. The van der Waals surface area contributed by atoms with Crippen LogP contribution in [0.25, 0.3) is 0 Å². The van der Waals surface area contributed by atoms with E-state index in [1.165, 1.54) is 6.26 Å². The van der Waals surface area contributed by atoms with E-state index in [0.717, 1.165) is 11.1 Å². The highest BCUT2D eigenvalue weighted by Gasteiger charge is 2.20. The molecule has 1 N–H and O–H groups in total. The van der Waals surface area contributed by atoms with Crippen LogP contribution in [0.2, 0.25) is 0 Å². The van der Waals surface area contributed by atoms with Crippen LogP contribution >= 0.6 is 0 Å². The van der Waals surface area contributed by atoms with Gasteiger partial charge < -0.3 is 14.5 Å². The molecule has 0 aliphatic carbocycles. The fourth-order valence-electron chi connectivity index (χ4n) is 1.96. The standard InChI is InChI=1S/C17H19NO4/c1-11-6-7-12(2)15(9-11)17(20)22-13(3)16(19)18-10-14-5-4-8-21-14/h4-9,13H,10H2,1-3H3,(H,18,19)/t13-/m1/s1. The number of nitrogens with one attached hydrogen (secondary N) is 1. The number of amides is 1. The molecule has 5 nitrogen and oxygen atoms in total. The highest BCUT2D eigenvalue weighted by Crippen LogP contribution is 2.13. The number of benzene rings is 1. The van der Waals surface area contributed by atoms with Gasteiger partial charge in [0.05, 0.1) is 18.4 Å². The predicted molar refractivity (Wildman–Crippen MR) is 81.3 cm³/mol. The Balaban J connectivity index is 1.92. The van der Waals surface area contributed by atoms with Crippen LogP contribution in [0.1, 0.15) is 34.2 Å². The Morgan fingerprint density at radius 3 is 2.73 bits per heavy atom. The third-order valence-electron chi connectivity index (χ3n) is 3.28. The molecule has 0 unspecified atom stereocenters. The number of carbonyl (C=O) groups excluding carboxylic acids is 2. The molecule has 0 saturated heterocycles. The van der Waals surface area contributed by atoms with Crippen molar-refractivity contribution >= 4 is 11.9 Å². The van der Waals surface area contributed by atoms with E-state index < -0.39 is 12.1 Å². The van der Waals surface area contributed by atoms with Gasteiger partial charge in [-0.25, -0.2) is 4.79 Å². The Morgan fingerprint density at radius 2 is 2.05 bits per heavy atom. The summed E-state index contributed by atoms with van der Waals surface area (Å²) in [5.41, 5.74) is 2.26. The van der Waals surface area contributed by atoms with E-state index in [9.17, 15) is 9.59 Å². The first-order valence-electron chi connectivity index (χ1n) is 7.05. The van der Waals surface area contributed by atoms with E-state index >= 15 is 0 Å². The monoisotopic (exact) mass is 301 g/mol. The molecule has 0 saturated carbocycles. The van der Waals surface area contributed by atoms with Gasteiger partial charge in [0.1, 0.15) is 5.76 Å². The van der Waals surface area contributed by atoms with Crippen molar-refractivity contribution in [2.45, 2.75) is 33.4 Å². The zero-order valence-electron chi connectivity index (χ0n) is 12.9. The predicted octanol–water partition coefficient (Wildman–Crippen LogP) is 2.76. The highest BCUT2D eigenvalue weighted by atomic mass is 16.5. The van der Waals surface area contributed by atoms with Crippen molar-refractivity contribution in [1.29, 1.82) is 0 Å². The van der Waals surface area contributed by atoms with Gasteiger partial charge in [0, 0.05) is 0 Å². The Bertz CT molecular complexity index is 661. The maximum Gasteiger partial charge on any atom is 0.339 e. The first kappa shape index (κ1) is 15.8. The zero-order valence-corrected chi connectivity index (χ0v) is 12.9. The SMILES string of the molecule is Cc1ccc(C)c(C(=O)O[C@H](C)C(=O)NCc2ccco2)c1. The minimum Gasteiger partial charge on any atom is -0.467 e. The molecule has 0 aliphatic heterocycles. The van der Waals surface area contributed by atoms with Gasteiger partial charge in [-0.05, 0) is 44.5 Å². The third kappa shape index (κ3) is 3.97. The number of hydrogen-bond acceptors (Lipinski definition) is 4. The lowest BCUT2D eigenvalue weighted by Crippen LogP contribution is -2.35. The van der Waals surface area contributed by atoms with Crippen LogP contribution < -0.4 is 5.32 Å². The first-order chi connectivity index (χ1) is 10.5. The van der Waals surface area contributed by atoms with Gasteiger partial charge in [0.2, 0.25) is 0 Å². The van der Waals surface area contributed by atoms with Crippen molar-refractivity contribution < 1.29 is 18.7 Å². The van der Waals surface area contributed by atoms with Crippen molar-refractivity contribution in [3.8, 4) is 0 Å². The molecule has 0 radical (unpaired) electrons. The van der Waals surface area contributed by atoms with Gasteiger partial charge in [-0.3, -0.25) is 4.79 Å². The zero-order chi connectivity index (χ0) is 16.1. The molecule has 0 fully saturated rings. The summed E-state index contributed by atoms with van der Waals surface area (Å²) in [4.78, 5) is 24.1. The van der Waals surface area contributed by atoms with E-state index in [1.807, 2.05) is 26.0 Å². The molecule has 1 heterocycles. The quantitative estimate of drug-likeness (QED) is 0.862. The normalized spacial score (nSPS) is 11.8. The molecule has 1 aromatic heterocycles. The summed E-state index contributed by atoms with van der Waals surface area (Å²) < 4.78 is 10.3. The molecule has 1 atom stereocenters. The number of aryl methyl sites for hydroxylation is 2. The second-order valence-corrected chi connectivity index (χ2v) is 5.16. The number of carbonyl (C=O) groups is 2. The molecule has 0 aliphatic rings. The summed E-state index contributed by atoms with van der Waals surface area (Å²) in [6, 6.07) is 9.03. The summed E-state index contributed by atoms with van der Waals surface area (Å²) in [6.45, 7) is 5.53. The summed E-state index contributed by atoms with van der Waals surface area (Å²) in [5, 5.41) is 2.66. The van der Waals surface area contributed by atoms with Crippen LogP contribution in [-0.4, -0.2) is 18.0 Å². The number of esters is 1. The largest absolute Gasteiger partial charge is 0.467 e. The second-order valence-electron chi connectivity index (χ2n) is 5.16. The Kier molecular flexibility index (Phi) is 4.99. The average Bonchev–Trinajstić information content (AvgIpc) is 3.00. The number of ether oxygens (including phenoxy) is 1. The van der Waals surface area contributed by atoms with Crippen molar-refractivity contribution in [2.24, 2.45) is 0 Å². The number of hydrogen-bond donors (Lipinski definition) is 1. The number of rotatable bonds is 5. The van der Waals surface area contributed by atoms with Crippen LogP contribution in [0.5, 0.6) is 0 Å². The second kappa shape index (κ2) is 6.93. The van der Waals surface area contributed by atoms with Crippen LogP contribution in [0, 0.1) is 13.8 Å². The first-order valence-corrected chi connectivity index (χ1v) is 7.05. The van der Waals surface area contributed by atoms with Crippen LogP contribution in [0.4, 0.5) is 0 Å². The highest BCUT2D eigenvalue weighted by molar-refractivity contribution is 5.93. The van der Waals surface area contributed by atoms with Crippen LogP contribution in [0.15, 0.2) is 41.0 Å². The Hall–Kier alpha value is -2.56. The van der Waals surface area contributed by atoms with E-state index in [0.29, 0.717) is 11.3 Å². The van der Waals surface area contributed by atoms with E-state index in [-0.39, 0.29) is 12.5 Å². The summed E-state index contributed by atoms with van der Waals surface area (Å²) in [5.74, 6) is -0.224. The van der Waals surface area contributed by atoms with Gasteiger partial charge >= 0.3 is 5.97 Å². The van der Waals surface area contributed by atoms with E-state index in [1.54, 1.807) is 25.1 Å². The number of furan rings is 1. The molecule has 2 aromatic rings. The average molecular weight is 301 g/mol. The van der Waals surface area contributed by atoms with Gasteiger partial charge in [-0.1, -0.05) is 17.7 Å². The van der Waals surface area contributed by atoms with E-state index in [4.69, 9.17) is 9.15 Å². The lowest BCUT2D eigenvalue weighted by Gasteiger charge is -2.14. The molecule has 1 amide bonds. The summed E-state index contributed by atoms with van der Waals surface area (Å²) in [7, 11) is 0. The van der Waals surface area contributed by atoms with Crippen LogP contribution in [-0.2, 0) is 16.1 Å². The van der Waals surface area contributed by atoms with Crippen molar-refractivity contribution in [3.63, 3.8) is 0 Å². The Morgan fingerprint density at radius 1 is 1.27 bits per heavy atom. The van der Waals surface area contributed by atoms with Gasteiger partial charge in [0.15, 0.2) is 6.10 Å². The molecule has 22 heavy (non-hydrogen) atoms. The van der Waals surface area contributed by atoms with E-state index in [2.05, 4.69) is 5.32 Å². The summed E-state index contributed by atoms with van der Waals surface area (Å²) >= 11 is 0. The maximum atomic E-state index is 12.1.